The van der Waals surface area contributed by atoms with Gasteiger partial charge < -0.3 is 19.9 Å². The van der Waals surface area contributed by atoms with Crippen molar-refractivity contribution < 1.29 is 14.7 Å². The molecule has 0 unspecified atom stereocenters. The molecule has 1 aromatic rings. The molecule has 7 heteroatoms. The van der Waals surface area contributed by atoms with E-state index in [2.05, 4.69) is 10.3 Å². The van der Waals surface area contributed by atoms with E-state index in [4.69, 9.17) is 5.11 Å². The van der Waals surface area contributed by atoms with E-state index >= 15 is 0 Å². The van der Waals surface area contributed by atoms with Crippen molar-refractivity contribution in [2.75, 3.05) is 19.6 Å². The molecule has 0 fully saturated rings. The number of aromatic nitrogens is 2. The molecular formula is C12H20N4O3. The first-order valence-corrected chi connectivity index (χ1v) is 6.19. The van der Waals surface area contributed by atoms with Crippen molar-refractivity contribution in [2.24, 2.45) is 5.92 Å². The number of imidazole rings is 1. The van der Waals surface area contributed by atoms with Crippen LogP contribution in [0.5, 0.6) is 0 Å². The van der Waals surface area contributed by atoms with E-state index in [1.807, 2.05) is 18.4 Å². The van der Waals surface area contributed by atoms with Gasteiger partial charge in [-0.2, -0.15) is 0 Å². The van der Waals surface area contributed by atoms with Gasteiger partial charge >= 0.3 is 12.0 Å². The van der Waals surface area contributed by atoms with Crippen LogP contribution in [0.1, 0.15) is 13.8 Å². The lowest BCUT2D eigenvalue weighted by molar-refractivity contribution is -0.137. The van der Waals surface area contributed by atoms with Gasteiger partial charge in [0.05, 0.1) is 6.33 Å². The number of carboxylic acids is 1. The van der Waals surface area contributed by atoms with Gasteiger partial charge in [-0.3, -0.25) is 4.79 Å². The molecule has 19 heavy (non-hydrogen) atoms. The normalized spacial score (nSPS) is 10.5. The Balaban J connectivity index is 2.40. The Hall–Kier alpha value is -2.05. The Labute approximate surface area is 112 Å². The maximum atomic E-state index is 11.9. The molecule has 1 heterocycles. The standard InChI is InChI=1S/C12H20N4O3/c1-10(2)7-16(8-11(17)18)12(19)14-4-6-15-5-3-13-9-15/h3,5,9-10H,4,6-8H2,1-2H3,(H,14,19)(H,17,18). The highest BCUT2D eigenvalue weighted by Gasteiger charge is 2.17. The Bertz CT molecular complexity index is 403. The number of hydrogen-bond donors (Lipinski definition) is 2. The first-order valence-electron chi connectivity index (χ1n) is 6.19. The second kappa shape index (κ2) is 7.40. The minimum Gasteiger partial charge on any atom is -0.480 e. The molecule has 0 aliphatic rings. The topological polar surface area (TPSA) is 87.5 Å². The summed E-state index contributed by atoms with van der Waals surface area (Å²) in [5.74, 6) is -0.788. The summed E-state index contributed by atoms with van der Waals surface area (Å²) in [5.41, 5.74) is 0. The lowest BCUT2D eigenvalue weighted by Gasteiger charge is -2.23. The fourth-order valence-electron chi connectivity index (χ4n) is 1.65. The Kier molecular flexibility index (Phi) is 5.84. The maximum Gasteiger partial charge on any atom is 0.323 e. The van der Waals surface area contributed by atoms with Crippen LogP contribution in [-0.2, 0) is 11.3 Å². The molecule has 0 saturated carbocycles. The van der Waals surface area contributed by atoms with Crippen molar-refractivity contribution in [1.82, 2.24) is 19.8 Å². The zero-order valence-electron chi connectivity index (χ0n) is 11.2. The average molecular weight is 268 g/mol. The second-order valence-electron chi connectivity index (χ2n) is 4.70. The number of nitrogens with one attached hydrogen (secondary N) is 1. The van der Waals surface area contributed by atoms with Crippen LogP contribution in [-0.4, -0.2) is 51.2 Å². The molecule has 1 rings (SSSR count). The van der Waals surface area contributed by atoms with Crippen LogP contribution in [0.25, 0.3) is 0 Å². The molecule has 0 saturated heterocycles. The first-order chi connectivity index (χ1) is 8.99. The molecule has 106 valence electrons. The molecule has 0 aromatic carbocycles. The maximum absolute atomic E-state index is 11.9. The van der Waals surface area contributed by atoms with E-state index in [1.165, 1.54) is 4.90 Å². The van der Waals surface area contributed by atoms with Gasteiger partial charge in [0.2, 0.25) is 0 Å². The molecule has 0 aliphatic carbocycles. The third-order valence-corrected chi connectivity index (χ3v) is 2.40. The summed E-state index contributed by atoms with van der Waals surface area (Å²) < 4.78 is 1.84. The Morgan fingerprint density at radius 3 is 2.74 bits per heavy atom. The summed E-state index contributed by atoms with van der Waals surface area (Å²) >= 11 is 0. The number of amides is 2. The molecular weight excluding hydrogens is 248 g/mol. The van der Waals surface area contributed by atoms with E-state index in [0.29, 0.717) is 19.6 Å². The summed E-state index contributed by atoms with van der Waals surface area (Å²) in [6.45, 7) is 5.05. The third-order valence-electron chi connectivity index (χ3n) is 2.40. The summed E-state index contributed by atoms with van der Waals surface area (Å²) in [5, 5.41) is 11.5. The number of urea groups is 1. The molecule has 7 nitrogen and oxygen atoms in total. The minimum atomic E-state index is -1.01. The molecule has 0 radical (unpaired) electrons. The van der Waals surface area contributed by atoms with Crippen molar-refractivity contribution in [2.45, 2.75) is 20.4 Å². The van der Waals surface area contributed by atoms with Gasteiger partial charge in [-0.25, -0.2) is 9.78 Å². The van der Waals surface area contributed by atoms with Gasteiger partial charge in [-0.15, -0.1) is 0 Å². The highest BCUT2D eigenvalue weighted by atomic mass is 16.4. The predicted octanol–water partition coefficient (Wildman–Crippen LogP) is 0.635. The molecule has 2 N–H and O–H groups in total. The lowest BCUT2D eigenvalue weighted by atomic mass is 10.2. The molecule has 2 amide bonds. The van der Waals surface area contributed by atoms with Gasteiger partial charge in [0.15, 0.2) is 0 Å². The van der Waals surface area contributed by atoms with Gasteiger partial charge in [0.25, 0.3) is 0 Å². The van der Waals surface area contributed by atoms with Crippen molar-refractivity contribution >= 4 is 12.0 Å². The zero-order chi connectivity index (χ0) is 14.3. The number of rotatable bonds is 7. The number of carbonyl (C=O) groups is 2. The van der Waals surface area contributed by atoms with Gasteiger partial charge in [-0.05, 0) is 5.92 Å². The van der Waals surface area contributed by atoms with Crippen molar-refractivity contribution in [3.8, 4) is 0 Å². The number of hydrogen-bond acceptors (Lipinski definition) is 3. The average Bonchev–Trinajstić information content (AvgIpc) is 2.79. The van der Waals surface area contributed by atoms with Crippen LogP contribution in [0.2, 0.25) is 0 Å². The smallest absolute Gasteiger partial charge is 0.323 e. The van der Waals surface area contributed by atoms with E-state index in [1.54, 1.807) is 18.7 Å². The Morgan fingerprint density at radius 2 is 2.21 bits per heavy atom. The summed E-state index contributed by atoms with van der Waals surface area (Å²) in [7, 11) is 0. The largest absolute Gasteiger partial charge is 0.480 e. The summed E-state index contributed by atoms with van der Waals surface area (Å²) in [4.78, 5) is 27.8. The molecule has 0 atom stereocenters. The highest BCUT2D eigenvalue weighted by Crippen LogP contribution is 1.99. The van der Waals surface area contributed by atoms with Gasteiger partial charge in [-0.1, -0.05) is 13.8 Å². The number of carbonyl (C=O) groups excluding carboxylic acids is 1. The number of nitrogens with zero attached hydrogens (tertiary/aromatic N) is 3. The first kappa shape index (κ1) is 15.0. The van der Waals surface area contributed by atoms with Crippen LogP contribution in [0.3, 0.4) is 0 Å². The van der Waals surface area contributed by atoms with Crippen LogP contribution >= 0.6 is 0 Å². The quantitative estimate of drug-likeness (QED) is 0.759. The van der Waals surface area contributed by atoms with Crippen molar-refractivity contribution in [1.29, 1.82) is 0 Å². The van der Waals surface area contributed by atoms with Crippen molar-refractivity contribution in [3.05, 3.63) is 18.7 Å². The summed E-state index contributed by atoms with van der Waals surface area (Å²) in [6, 6.07) is -0.351. The van der Waals surface area contributed by atoms with Gasteiger partial charge in [0.1, 0.15) is 6.54 Å². The lowest BCUT2D eigenvalue weighted by Crippen LogP contribution is -2.45. The zero-order valence-corrected chi connectivity index (χ0v) is 11.2. The monoisotopic (exact) mass is 268 g/mol. The minimum absolute atomic E-state index is 0.221. The SMILES string of the molecule is CC(C)CN(CC(=O)O)C(=O)NCCn1ccnc1. The highest BCUT2D eigenvalue weighted by molar-refractivity contribution is 5.80. The van der Waals surface area contributed by atoms with Crippen LogP contribution in [0.4, 0.5) is 4.79 Å². The van der Waals surface area contributed by atoms with Crippen LogP contribution in [0.15, 0.2) is 18.7 Å². The Morgan fingerprint density at radius 1 is 1.47 bits per heavy atom. The predicted molar refractivity (Wildman–Crippen MR) is 69.7 cm³/mol. The summed E-state index contributed by atoms with van der Waals surface area (Å²) in [6.07, 6.45) is 5.13. The molecule has 0 spiro atoms. The molecule has 1 aromatic heterocycles. The number of aliphatic carboxylic acids is 1. The van der Waals surface area contributed by atoms with Crippen molar-refractivity contribution in [3.63, 3.8) is 0 Å². The third kappa shape index (κ3) is 5.89. The molecule has 0 aliphatic heterocycles. The van der Waals surface area contributed by atoms with E-state index in [-0.39, 0.29) is 18.5 Å². The van der Waals surface area contributed by atoms with Gasteiger partial charge in [0, 0.05) is 32.0 Å². The van der Waals surface area contributed by atoms with E-state index in [0.717, 1.165) is 0 Å². The van der Waals surface area contributed by atoms with E-state index in [9.17, 15) is 9.59 Å². The second-order valence-corrected chi connectivity index (χ2v) is 4.70. The van der Waals surface area contributed by atoms with Crippen LogP contribution in [0, 0.1) is 5.92 Å². The molecule has 0 bridgehead atoms. The fraction of sp³-hybridized carbons (Fsp3) is 0.583. The number of carboxylic acid groups (broad SMARTS) is 1. The van der Waals surface area contributed by atoms with E-state index < -0.39 is 5.97 Å². The van der Waals surface area contributed by atoms with Crippen LogP contribution < -0.4 is 5.32 Å². The fourth-order valence-corrected chi connectivity index (χ4v) is 1.65.